The maximum atomic E-state index is 14.4. The Labute approximate surface area is 209 Å². The summed E-state index contributed by atoms with van der Waals surface area (Å²) in [5, 5.41) is 0. The number of ether oxygens (including phenoxy) is 1. The van der Waals surface area contributed by atoms with Gasteiger partial charge in [0.05, 0.1) is 12.8 Å². The lowest BCUT2D eigenvalue weighted by molar-refractivity contribution is 0.100. The van der Waals surface area contributed by atoms with E-state index in [1.54, 1.807) is 6.07 Å². The van der Waals surface area contributed by atoms with Crippen molar-refractivity contribution in [2.24, 2.45) is 5.73 Å². The number of halogens is 1. The molecule has 2 aliphatic heterocycles. The van der Waals surface area contributed by atoms with Gasteiger partial charge in [-0.2, -0.15) is 0 Å². The van der Waals surface area contributed by atoms with Crippen LogP contribution < -0.4 is 21.1 Å². The molecule has 2 fully saturated rings. The van der Waals surface area contributed by atoms with E-state index in [1.807, 2.05) is 17.2 Å². The molecule has 2 saturated heterocycles. The number of amides is 1. The summed E-state index contributed by atoms with van der Waals surface area (Å²) < 4.78 is 21.7. The molecule has 0 unspecified atom stereocenters. The summed E-state index contributed by atoms with van der Waals surface area (Å²) in [5.74, 6) is 0.947. The number of nitrogens with zero attached hydrogens (tertiary/aromatic N) is 6. The Morgan fingerprint density at radius 3 is 2.58 bits per heavy atom. The van der Waals surface area contributed by atoms with E-state index in [0.29, 0.717) is 18.9 Å². The van der Waals surface area contributed by atoms with Crippen molar-refractivity contribution >= 4 is 17.5 Å². The van der Waals surface area contributed by atoms with Crippen molar-refractivity contribution in [3.05, 3.63) is 47.9 Å². The van der Waals surface area contributed by atoms with E-state index in [0.717, 1.165) is 56.1 Å². The van der Waals surface area contributed by atoms with E-state index < -0.39 is 11.7 Å². The molecule has 5 rings (SSSR count). The normalized spacial score (nSPS) is 16.7. The van der Waals surface area contributed by atoms with Crippen LogP contribution in [0, 0.1) is 5.82 Å². The molecule has 0 bridgehead atoms. The van der Waals surface area contributed by atoms with Crippen molar-refractivity contribution in [1.29, 1.82) is 0 Å². The van der Waals surface area contributed by atoms with Crippen LogP contribution in [0.3, 0.4) is 0 Å². The van der Waals surface area contributed by atoms with Gasteiger partial charge in [0.2, 0.25) is 0 Å². The van der Waals surface area contributed by atoms with E-state index in [9.17, 15) is 9.18 Å². The smallest absolute Gasteiger partial charge is 0.256 e. The minimum Gasteiger partial charge on any atom is -0.494 e. The molecule has 0 aliphatic carbocycles. The molecule has 3 aromatic rings. The fraction of sp³-hybridized carbons (Fsp3) is 0.440. The van der Waals surface area contributed by atoms with Crippen molar-refractivity contribution in [1.82, 2.24) is 24.4 Å². The Hall–Kier alpha value is -3.73. The summed E-state index contributed by atoms with van der Waals surface area (Å²) in [4.78, 5) is 29.6. The summed E-state index contributed by atoms with van der Waals surface area (Å²) in [7, 11) is 1.45. The Kier molecular flexibility index (Phi) is 6.73. The lowest BCUT2D eigenvalue weighted by Crippen LogP contribution is -2.39. The van der Waals surface area contributed by atoms with Gasteiger partial charge in [0.1, 0.15) is 29.4 Å². The number of hydrogen-bond acceptors (Lipinski definition) is 8. The maximum Gasteiger partial charge on any atom is 0.256 e. The molecular formula is C25H31FN8O2. The molecule has 4 heterocycles. The number of carbonyl (C=O) groups excluding carboxylic acids is 1. The number of aromatic nitrogens is 4. The number of piperidine rings is 1. The first-order valence-corrected chi connectivity index (χ1v) is 12.2. The third-order valence-electron chi connectivity index (χ3n) is 7.12. The van der Waals surface area contributed by atoms with E-state index in [1.165, 1.54) is 25.9 Å². The van der Waals surface area contributed by atoms with Crippen molar-refractivity contribution in [3.8, 4) is 17.0 Å². The SMILES string of the molecule is COc1ccc(-c2cn(CCN3CCC3)c(C3CCN(c4ncnc(N)c4C(N)=O)CC3)n2)cc1F. The molecule has 2 aromatic heterocycles. The highest BCUT2D eigenvalue weighted by molar-refractivity contribution is 6.01. The average molecular weight is 495 g/mol. The van der Waals surface area contributed by atoms with E-state index >= 15 is 0 Å². The maximum absolute atomic E-state index is 14.4. The molecular weight excluding hydrogens is 463 g/mol. The fourth-order valence-corrected chi connectivity index (χ4v) is 4.97. The minimum absolute atomic E-state index is 0.0903. The van der Waals surface area contributed by atoms with E-state index in [4.69, 9.17) is 21.2 Å². The van der Waals surface area contributed by atoms with Crippen LogP contribution in [0.1, 0.15) is 41.4 Å². The van der Waals surface area contributed by atoms with Gasteiger partial charge in [0, 0.05) is 43.9 Å². The highest BCUT2D eigenvalue weighted by Crippen LogP contribution is 2.33. The van der Waals surface area contributed by atoms with Gasteiger partial charge >= 0.3 is 0 Å². The number of imidazole rings is 1. The summed E-state index contributed by atoms with van der Waals surface area (Å²) in [6.45, 7) is 5.39. The molecule has 0 spiro atoms. The zero-order valence-corrected chi connectivity index (χ0v) is 20.4. The van der Waals surface area contributed by atoms with Crippen molar-refractivity contribution in [2.45, 2.75) is 31.7 Å². The average Bonchev–Trinajstić information content (AvgIpc) is 3.27. The predicted octanol–water partition coefficient (Wildman–Crippen LogP) is 2.26. The molecule has 10 nitrogen and oxygen atoms in total. The van der Waals surface area contributed by atoms with Crippen LogP contribution in [0.15, 0.2) is 30.7 Å². The summed E-state index contributed by atoms with van der Waals surface area (Å²) >= 11 is 0. The number of rotatable bonds is 8. The lowest BCUT2D eigenvalue weighted by Gasteiger charge is -2.34. The van der Waals surface area contributed by atoms with Crippen LogP contribution in [0.25, 0.3) is 11.3 Å². The standard InChI is InChI=1S/C25H31FN8O2/c1-36-20-4-3-17(13-18(20)26)19-14-34(12-11-32-7-2-8-32)24(31-19)16-5-9-33(10-6-16)25-21(23(28)35)22(27)29-15-30-25/h3-4,13-16H,2,5-12H2,1H3,(H2,28,35)(H2,27,29,30). The summed E-state index contributed by atoms with van der Waals surface area (Å²) in [6, 6.07) is 4.94. The van der Waals surface area contributed by atoms with Crippen molar-refractivity contribution in [2.75, 3.05) is 50.5 Å². The molecule has 0 saturated carbocycles. The highest BCUT2D eigenvalue weighted by Gasteiger charge is 2.29. The molecule has 190 valence electrons. The van der Waals surface area contributed by atoms with Gasteiger partial charge in [-0.25, -0.2) is 19.3 Å². The number of hydrogen-bond donors (Lipinski definition) is 2. The third kappa shape index (κ3) is 4.70. The zero-order chi connectivity index (χ0) is 25.2. The number of methoxy groups -OCH3 is 1. The van der Waals surface area contributed by atoms with Gasteiger partial charge < -0.3 is 30.6 Å². The molecule has 36 heavy (non-hydrogen) atoms. The van der Waals surface area contributed by atoms with Gasteiger partial charge in [-0.05, 0) is 50.6 Å². The number of carbonyl (C=O) groups is 1. The van der Waals surface area contributed by atoms with Crippen molar-refractivity contribution in [3.63, 3.8) is 0 Å². The van der Waals surface area contributed by atoms with E-state index in [2.05, 4.69) is 19.4 Å². The number of anilines is 2. The molecule has 0 atom stereocenters. The fourth-order valence-electron chi connectivity index (χ4n) is 4.97. The number of benzene rings is 1. The second-order valence-corrected chi connectivity index (χ2v) is 9.31. The van der Waals surface area contributed by atoms with Gasteiger partial charge in [-0.15, -0.1) is 0 Å². The predicted molar refractivity (Wildman–Crippen MR) is 134 cm³/mol. The number of likely N-dealkylation sites (tertiary alicyclic amines) is 1. The first-order valence-electron chi connectivity index (χ1n) is 12.2. The van der Waals surface area contributed by atoms with Crippen LogP contribution >= 0.6 is 0 Å². The summed E-state index contributed by atoms with van der Waals surface area (Å²) in [6.07, 6.45) is 6.26. The number of primary amides is 1. The highest BCUT2D eigenvalue weighted by atomic mass is 19.1. The van der Waals surface area contributed by atoms with Crippen LogP contribution in [-0.2, 0) is 6.54 Å². The van der Waals surface area contributed by atoms with Crippen molar-refractivity contribution < 1.29 is 13.9 Å². The lowest BCUT2D eigenvalue weighted by atomic mass is 9.95. The topological polar surface area (TPSA) is 128 Å². The third-order valence-corrected chi connectivity index (χ3v) is 7.12. The van der Waals surface area contributed by atoms with Gasteiger partial charge in [0.25, 0.3) is 5.91 Å². The molecule has 1 amide bonds. The van der Waals surface area contributed by atoms with Crippen LogP contribution in [-0.4, -0.2) is 70.2 Å². The first kappa shape index (κ1) is 24.0. The van der Waals surface area contributed by atoms with Gasteiger partial charge in [0.15, 0.2) is 11.6 Å². The van der Waals surface area contributed by atoms with Crippen LogP contribution in [0.4, 0.5) is 16.0 Å². The molecule has 4 N–H and O–H groups in total. The van der Waals surface area contributed by atoms with Gasteiger partial charge in [-0.1, -0.05) is 0 Å². The quantitative estimate of drug-likeness (QED) is 0.488. The largest absolute Gasteiger partial charge is 0.494 e. The molecule has 11 heteroatoms. The zero-order valence-electron chi connectivity index (χ0n) is 20.4. The second-order valence-electron chi connectivity index (χ2n) is 9.31. The molecule has 2 aliphatic rings. The minimum atomic E-state index is -0.636. The Bertz CT molecular complexity index is 1250. The Balaban J connectivity index is 1.38. The number of nitrogens with two attached hydrogens (primary N) is 2. The molecule has 1 aromatic carbocycles. The van der Waals surface area contributed by atoms with Crippen LogP contribution in [0.2, 0.25) is 0 Å². The Morgan fingerprint density at radius 2 is 1.94 bits per heavy atom. The monoisotopic (exact) mass is 494 g/mol. The number of nitrogen functional groups attached to an aromatic ring is 1. The molecule has 0 radical (unpaired) electrons. The van der Waals surface area contributed by atoms with Crippen LogP contribution in [0.5, 0.6) is 5.75 Å². The second kappa shape index (κ2) is 10.1. The van der Waals surface area contributed by atoms with E-state index in [-0.39, 0.29) is 23.0 Å². The summed E-state index contributed by atoms with van der Waals surface area (Å²) in [5.41, 5.74) is 13.1. The Morgan fingerprint density at radius 1 is 1.17 bits per heavy atom. The van der Waals surface area contributed by atoms with Gasteiger partial charge in [-0.3, -0.25) is 4.79 Å². The first-order chi connectivity index (χ1) is 17.4.